The van der Waals surface area contributed by atoms with Crippen molar-refractivity contribution in [3.05, 3.63) is 0 Å². The minimum absolute atomic E-state index is 0.00940. The Hall–Kier alpha value is -0.610. The third kappa shape index (κ3) is 4.58. The first-order chi connectivity index (χ1) is 6.69. The molecule has 0 aromatic heterocycles. The molecule has 2 unspecified atom stereocenters. The quantitative estimate of drug-likeness (QED) is 0.595. The highest BCUT2D eigenvalue weighted by Crippen LogP contribution is 2.07. The van der Waals surface area contributed by atoms with Gasteiger partial charge in [0.2, 0.25) is 0 Å². The van der Waals surface area contributed by atoms with Gasteiger partial charge in [-0.3, -0.25) is 4.79 Å². The van der Waals surface area contributed by atoms with Gasteiger partial charge >= 0.3 is 5.97 Å². The molecule has 4 nitrogen and oxygen atoms in total. The number of aliphatic hydroxyl groups excluding tert-OH is 2. The SMILES string of the molecule is CCC(CO)COC(=O)C(CC)CO. The Kier molecular flexibility index (Phi) is 7.42. The van der Waals surface area contributed by atoms with Crippen LogP contribution in [0.15, 0.2) is 0 Å². The molecule has 0 saturated heterocycles. The minimum atomic E-state index is -0.425. The van der Waals surface area contributed by atoms with E-state index in [4.69, 9.17) is 14.9 Å². The molecule has 0 aliphatic rings. The van der Waals surface area contributed by atoms with Crippen LogP contribution < -0.4 is 0 Å². The van der Waals surface area contributed by atoms with E-state index in [1.54, 1.807) is 0 Å². The van der Waals surface area contributed by atoms with Gasteiger partial charge in [-0.05, 0) is 12.8 Å². The topological polar surface area (TPSA) is 66.8 Å². The Morgan fingerprint density at radius 2 is 1.86 bits per heavy atom. The number of ether oxygens (including phenoxy) is 1. The first-order valence-corrected chi connectivity index (χ1v) is 5.07. The molecule has 0 rings (SSSR count). The van der Waals surface area contributed by atoms with Crippen LogP contribution in [0, 0.1) is 11.8 Å². The van der Waals surface area contributed by atoms with Crippen LogP contribution in [0.5, 0.6) is 0 Å². The van der Waals surface area contributed by atoms with Crippen molar-refractivity contribution in [2.75, 3.05) is 19.8 Å². The Balaban J connectivity index is 3.81. The zero-order valence-corrected chi connectivity index (χ0v) is 8.90. The average molecular weight is 204 g/mol. The van der Waals surface area contributed by atoms with Crippen molar-refractivity contribution >= 4 is 5.97 Å². The lowest BCUT2D eigenvalue weighted by molar-refractivity contribution is -0.151. The molecule has 0 radical (unpaired) electrons. The summed E-state index contributed by atoms with van der Waals surface area (Å²) in [5, 5.41) is 17.7. The second-order valence-corrected chi connectivity index (χ2v) is 3.37. The highest BCUT2D eigenvalue weighted by molar-refractivity contribution is 5.72. The molecule has 0 saturated carbocycles. The molecule has 0 aliphatic carbocycles. The lowest BCUT2D eigenvalue weighted by atomic mass is 10.1. The zero-order chi connectivity index (χ0) is 11.0. The fourth-order valence-electron chi connectivity index (χ4n) is 0.988. The highest BCUT2D eigenvalue weighted by atomic mass is 16.5. The summed E-state index contributed by atoms with van der Waals surface area (Å²) in [5.74, 6) is -0.789. The lowest BCUT2D eigenvalue weighted by Gasteiger charge is -2.15. The number of carbonyl (C=O) groups is 1. The summed E-state index contributed by atoms with van der Waals surface area (Å²) in [7, 11) is 0. The lowest BCUT2D eigenvalue weighted by Crippen LogP contribution is -2.24. The van der Waals surface area contributed by atoms with Gasteiger partial charge in [0.05, 0.1) is 19.1 Å². The van der Waals surface area contributed by atoms with Gasteiger partial charge in [-0.15, -0.1) is 0 Å². The molecule has 0 bridgehead atoms. The summed E-state index contributed by atoms with van der Waals surface area (Å²) in [6.07, 6.45) is 1.35. The molecule has 14 heavy (non-hydrogen) atoms. The van der Waals surface area contributed by atoms with E-state index in [9.17, 15) is 4.79 Å². The van der Waals surface area contributed by atoms with E-state index in [0.29, 0.717) is 6.42 Å². The first kappa shape index (κ1) is 13.4. The van der Waals surface area contributed by atoms with Gasteiger partial charge in [-0.25, -0.2) is 0 Å². The van der Waals surface area contributed by atoms with Gasteiger partial charge in [0.1, 0.15) is 0 Å². The van der Waals surface area contributed by atoms with Crippen LogP contribution in [0.4, 0.5) is 0 Å². The predicted octanol–water partition coefficient (Wildman–Crippen LogP) is 0.567. The minimum Gasteiger partial charge on any atom is -0.465 e. The van der Waals surface area contributed by atoms with E-state index in [-0.39, 0.29) is 31.7 Å². The van der Waals surface area contributed by atoms with E-state index in [0.717, 1.165) is 6.42 Å². The average Bonchev–Trinajstić information content (AvgIpc) is 2.21. The normalized spacial score (nSPS) is 14.9. The fourth-order valence-corrected chi connectivity index (χ4v) is 0.988. The molecule has 2 atom stereocenters. The van der Waals surface area contributed by atoms with Gasteiger partial charge < -0.3 is 14.9 Å². The van der Waals surface area contributed by atoms with Crippen LogP contribution in [0.2, 0.25) is 0 Å². The van der Waals surface area contributed by atoms with Crippen LogP contribution in [0.3, 0.4) is 0 Å². The smallest absolute Gasteiger partial charge is 0.311 e. The third-order valence-corrected chi connectivity index (χ3v) is 2.34. The van der Waals surface area contributed by atoms with E-state index < -0.39 is 5.92 Å². The Labute approximate surface area is 84.9 Å². The summed E-state index contributed by atoms with van der Waals surface area (Å²) in [5.41, 5.74) is 0. The number of rotatable bonds is 7. The molecule has 4 heteroatoms. The molecule has 0 fully saturated rings. The number of esters is 1. The number of aliphatic hydroxyl groups is 2. The summed E-state index contributed by atoms with van der Waals surface area (Å²) in [4.78, 5) is 11.3. The standard InChI is InChI=1S/C10H20O4/c1-3-8(5-11)7-14-10(13)9(4-2)6-12/h8-9,11-12H,3-7H2,1-2H3. The van der Waals surface area contributed by atoms with Crippen LogP contribution in [0.1, 0.15) is 26.7 Å². The fraction of sp³-hybridized carbons (Fsp3) is 0.900. The number of hydrogen-bond acceptors (Lipinski definition) is 4. The van der Waals surface area contributed by atoms with Crippen molar-refractivity contribution in [1.82, 2.24) is 0 Å². The van der Waals surface area contributed by atoms with Crippen molar-refractivity contribution in [1.29, 1.82) is 0 Å². The van der Waals surface area contributed by atoms with E-state index in [1.807, 2.05) is 13.8 Å². The second kappa shape index (κ2) is 7.76. The van der Waals surface area contributed by atoms with Crippen molar-refractivity contribution in [2.24, 2.45) is 11.8 Å². The Morgan fingerprint density at radius 3 is 2.21 bits per heavy atom. The molecular formula is C10H20O4. The largest absolute Gasteiger partial charge is 0.465 e. The van der Waals surface area contributed by atoms with E-state index in [2.05, 4.69) is 0 Å². The molecule has 0 amide bonds. The molecular weight excluding hydrogens is 184 g/mol. The number of carbonyl (C=O) groups excluding carboxylic acids is 1. The van der Waals surface area contributed by atoms with Crippen LogP contribution in [-0.4, -0.2) is 36.0 Å². The predicted molar refractivity (Wildman–Crippen MR) is 52.7 cm³/mol. The zero-order valence-electron chi connectivity index (χ0n) is 8.90. The summed E-state index contributed by atoms with van der Waals surface area (Å²) in [6.45, 7) is 3.84. The molecule has 2 N–H and O–H groups in total. The summed E-state index contributed by atoms with van der Waals surface area (Å²) in [6, 6.07) is 0. The van der Waals surface area contributed by atoms with Crippen molar-refractivity contribution in [3.63, 3.8) is 0 Å². The monoisotopic (exact) mass is 204 g/mol. The first-order valence-electron chi connectivity index (χ1n) is 5.07. The molecule has 0 aromatic rings. The number of hydrogen-bond donors (Lipinski definition) is 2. The Bertz CT molecular complexity index is 150. The van der Waals surface area contributed by atoms with E-state index in [1.165, 1.54) is 0 Å². The maximum absolute atomic E-state index is 11.3. The van der Waals surface area contributed by atoms with Gasteiger partial charge in [-0.1, -0.05) is 13.8 Å². The summed E-state index contributed by atoms with van der Waals surface area (Å²) >= 11 is 0. The van der Waals surface area contributed by atoms with Gasteiger partial charge in [0, 0.05) is 12.5 Å². The van der Waals surface area contributed by atoms with Crippen LogP contribution in [0.25, 0.3) is 0 Å². The van der Waals surface area contributed by atoms with Crippen LogP contribution >= 0.6 is 0 Å². The molecule has 0 aliphatic heterocycles. The molecule has 0 heterocycles. The molecule has 0 aromatic carbocycles. The summed E-state index contributed by atoms with van der Waals surface area (Å²) < 4.78 is 4.97. The van der Waals surface area contributed by atoms with Crippen molar-refractivity contribution in [3.8, 4) is 0 Å². The molecule has 0 spiro atoms. The maximum Gasteiger partial charge on any atom is 0.311 e. The van der Waals surface area contributed by atoms with Crippen LogP contribution in [-0.2, 0) is 9.53 Å². The van der Waals surface area contributed by atoms with Crippen molar-refractivity contribution in [2.45, 2.75) is 26.7 Å². The van der Waals surface area contributed by atoms with Crippen molar-refractivity contribution < 1.29 is 19.7 Å². The Morgan fingerprint density at radius 1 is 1.21 bits per heavy atom. The van der Waals surface area contributed by atoms with Gasteiger partial charge in [0.15, 0.2) is 0 Å². The van der Waals surface area contributed by atoms with Gasteiger partial charge in [-0.2, -0.15) is 0 Å². The van der Waals surface area contributed by atoms with E-state index >= 15 is 0 Å². The third-order valence-electron chi connectivity index (χ3n) is 2.34. The highest BCUT2D eigenvalue weighted by Gasteiger charge is 2.18. The second-order valence-electron chi connectivity index (χ2n) is 3.37. The maximum atomic E-state index is 11.3. The molecule has 84 valence electrons. The van der Waals surface area contributed by atoms with Gasteiger partial charge in [0.25, 0.3) is 0 Å².